The van der Waals surface area contributed by atoms with Gasteiger partial charge in [-0.2, -0.15) is 0 Å². The van der Waals surface area contributed by atoms with Gasteiger partial charge in [-0.3, -0.25) is 14.5 Å². The van der Waals surface area contributed by atoms with E-state index >= 15 is 0 Å². The zero-order valence-corrected chi connectivity index (χ0v) is 12.0. The molecule has 1 atom stereocenters. The minimum Gasteiger partial charge on any atom is -0.312 e. The Morgan fingerprint density at radius 1 is 1.05 bits per heavy atom. The summed E-state index contributed by atoms with van der Waals surface area (Å²) < 4.78 is 0. The van der Waals surface area contributed by atoms with Crippen molar-refractivity contribution in [1.29, 1.82) is 0 Å². The molecule has 0 aliphatic carbocycles. The molecule has 2 aromatic rings. The van der Waals surface area contributed by atoms with E-state index in [9.17, 15) is 9.59 Å². The van der Waals surface area contributed by atoms with E-state index in [0.29, 0.717) is 19.4 Å². The number of likely N-dealkylation sites (tertiary alicyclic amines) is 1. The van der Waals surface area contributed by atoms with E-state index in [0.717, 1.165) is 10.9 Å². The molecule has 1 heterocycles. The fourth-order valence-electron chi connectivity index (χ4n) is 2.80. The summed E-state index contributed by atoms with van der Waals surface area (Å²) in [5, 5.41) is 5.55. The van der Waals surface area contributed by atoms with Gasteiger partial charge >= 0.3 is 0 Å². The molecule has 108 valence electrons. The van der Waals surface area contributed by atoms with Crippen LogP contribution in [0.1, 0.15) is 24.4 Å². The second-order valence-corrected chi connectivity index (χ2v) is 5.35. The van der Waals surface area contributed by atoms with E-state index in [-0.39, 0.29) is 17.9 Å². The SMILES string of the molecule is CNC(CN1C(=O)CCC1=O)c1ccc2ccccc2c1. The summed E-state index contributed by atoms with van der Waals surface area (Å²) in [6.07, 6.45) is 0.681. The third kappa shape index (κ3) is 2.67. The summed E-state index contributed by atoms with van der Waals surface area (Å²) in [4.78, 5) is 24.9. The summed E-state index contributed by atoms with van der Waals surface area (Å²) in [5.74, 6) is -0.137. The number of nitrogens with zero attached hydrogens (tertiary/aromatic N) is 1. The van der Waals surface area contributed by atoms with Crippen molar-refractivity contribution in [1.82, 2.24) is 10.2 Å². The molecular weight excluding hydrogens is 264 g/mol. The quantitative estimate of drug-likeness (QED) is 0.875. The van der Waals surface area contributed by atoms with Gasteiger partial charge in [0.25, 0.3) is 0 Å². The second-order valence-electron chi connectivity index (χ2n) is 5.35. The maximum absolute atomic E-state index is 11.8. The van der Waals surface area contributed by atoms with Crippen molar-refractivity contribution in [2.45, 2.75) is 18.9 Å². The number of carbonyl (C=O) groups is 2. The summed E-state index contributed by atoms with van der Waals surface area (Å²) in [6, 6.07) is 14.4. The van der Waals surface area contributed by atoms with Crippen molar-refractivity contribution in [2.75, 3.05) is 13.6 Å². The van der Waals surface area contributed by atoms with Gasteiger partial charge in [-0.15, -0.1) is 0 Å². The lowest BCUT2D eigenvalue weighted by Crippen LogP contribution is -2.37. The molecule has 2 amide bonds. The molecular formula is C17H18N2O2. The number of imide groups is 1. The van der Waals surface area contributed by atoms with E-state index in [1.165, 1.54) is 10.3 Å². The predicted molar refractivity (Wildman–Crippen MR) is 81.7 cm³/mol. The molecule has 21 heavy (non-hydrogen) atoms. The van der Waals surface area contributed by atoms with Gasteiger partial charge in [-0.25, -0.2) is 0 Å². The van der Waals surface area contributed by atoms with Gasteiger partial charge in [0, 0.05) is 19.4 Å². The molecule has 1 saturated heterocycles. The highest BCUT2D eigenvalue weighted by atomic mass is 16.2. The molecule has 1 aliphatic rings. The smallest absolute Gasteiger partial charge is 0.229 e. The molecule has 2 aromatic carbocycles. The molecule has 4 heteroatoms. The molecule has 0 saturated carbocycles. The molecule has 1 N–H and O–H groups in total. The number of rotatable bonds is 4. The van der Waals surface area contributed by atoms with Crippen molar-refractivity contribution in [3.8, 4) is 0 Å². The highest BCUT2D eigenvalue weighted by Gasteiger charge is 2.30. The predicted octanol–water partition coefficient (Wildman–Crippen LogP) is 2.25. The van der Waals surface area contributed by atoms with Crippen LogP contribution in [0.4, 0.5) is 0 Å². The third-order valence-electron chi connectivity index (χ3n) is 4.04. The van der Waals surface area contributed by atoms with Crippen LogP contribution in [0.5, 0.6) is 0 Å². The van der Waals surface area contributed by atoms with Crippen molar-refractivity contribution in [3.63, 3.8) is 0 Å². The second kappa shape index (κ2) is 5.66. The Kier molecular flexibility index (Phi) is 3.71. The van der Waals surface area contributed by atoms with Crippen LogP contribution in [0.3, 0.4) is 0 Å². The number of fused-ring (bicyclic) bond motifs is 1. The van der Waals surface area contributed by atoms with Crippen LogP contribution >= 0.6 is 0 Å². The number of benzene rings is 2. The first-order chi connectivity index (χ1) is 10.2. The molecule has 4 nitrogen and oxygen atoms in total. The molecule has 1 unspecified atom stereocenters. The highest BCUT2D eigenvalue weighted by Crippen LogP contribution is 2.23. The monoisotopic (exact) mass is 282 g/mol. The summed E-state index contributed by atoms with van der Waals surface area (Å²) >= 11 is 0. The number of hydrogen-bond acceptors (Lipinski definition) is 3. The standard InChI is InChI=1S/C17H18N2O2/c1-18-15(11-19-16(20)8-9-17(19)21)14-7-6-12-4-2-3-5-13(12)10-14/h2-7,10,15,18H,8-9,11H2,1H3. The minimum absolute atomic E-state index is 0.0411. The Balaban J connectivity index is 1.87. The van der Waals surface area contributed by atoms with Gasteiger partial charge in [-0.05, 0) is 29.4 Å². The maximum Gasteiger partial charge on any atom is 0.229 e. The lowest BCUT2D eigenvalue weighted by Gasteiger charge is -2.23. The molecule has 0 radical (unpaired) electrons. The molecule has 0 spiro atoms. The first-order valence-corrected chi connectivity index (χ1v) is 7.18. The first kappa shape index (κ1) is 13.8. The molecule has 3 rings (SSSR count). The zero-order chi connectivity index (χ0) is 14.8. The van der Waals surface area contributed by atoms with Gasteiger partial charge in [0.1, 0.15) is 0 Å². The average molecular weight is 282 g/mol. The summed E-state index contributed by atoms with van der Waals surface area (Å²) in [5.41, 5.74) is 1.09. The Bertz CT molecular complexity index is 680. The van der Waals surface area contributed by atoms with Crippen LogP contribution in [0, 0.1) is 0 Å². The Hall–Kier alpha value is -2.20. The molecule has 1 aliphatic heterocycles. The molecule has 0 aromatic heterocycles. The maximum atomic E-state index is 11.8. The van der Waals surface area contributed by atoms with Gasteiger partial charge < -0.3 is 5.32 Å². The number of nitrogens with one attached hydrogen (secondary N) is 1. The van der Waals surface area contributed by atoms with E-state index in [4.69, 9.17) is 0 Å². The zero-order valence-electron chi connectivity index (χ0n) is 12.0. The highest BCUT2D eigenvalue weighted by molar-refractivity contribution is 6.02. The van der Waals surface area contributed by atoms with Crippen molar-refractivity contribution in [2.24, 2.45) is 0 Å². The summed E-state index contributed by atoms with van der Waals surface area (Å²) in [6.45, 7) is 0.395. The van der Waals surface area contributed by atoms with Crippen LogP contribution in [0.25, 0.3) is 10.8 Å². The van der Waals surface area contributed by atoms with Crippen LogP contribution < -0.4 is 5.32 Å². The lowest BCUT2D eigenvalue weighted by atomic mass is 10.0. The fraction of sp³-hybridized carbons (Fsp3) is 0.294. The number of likely N-dealkylation sites (N-methyl/N-ethyl adjacent to an activating group) is 1. The average Bonchev–Trinajstić information content (AvgIpc) is 2.83. The Morgan fingerprint density at radius 3 is 2.38 bits per heavy atom. The minimum atomic E-state index is -0.0685. The normalized spacial score (nSPS) is 16.7. The van der Waals surface area contributed by atoms with E-state index in [1.807, 2.05) is 19.2 Å². The number of hydrogen-bond donors (Lipinski definition) is 1. The largest absolute Gasteiger partial charge is 0.312 e. The van der Waals surface area contributed by atoms with Gasteiger partial charge in [-0.1, -0.05) is 36.4 Å². The van der Waals surface area contributed by atoms with Crippen LogP contribution in [-0.4, -0.2) is 30.3 Å². The first-order valence-electron chi connectivity index (χ1n) is 7.18. The van der Waals surface area contributed by atoms with Crippen LogP contribution in [0.15, 0.2) is 42.5 Å². The summed E-state index contributed by atoms with van der Waals surface area (Å²) in [7, 11) is 1.85. The van der Waals surface area contributed by atoms with Gasteiger partial charge in [0.05, 0.1) is 6.04 Å². The van der Waals surface area contributed by atoms with Crippen molar-refractivity contribution < 1.29 is 9.59 Å². The van der Waals surface area contributed by atoms with E-state index < -0.39 is 0 Å². The van der Waals surface area contributed by atoms with E-state index in [2.05, 4.69) is 35.6 Å². The topological polar surface area (TPSA) is 49.4 Å². The van der Waals surface area contributed by atoms with Crippen molar-refractivity contribution >= 4 is 22.6 Å². The Labute approximate surface area is 123 Å². The number of amides is 2. The lowest BCUT2D eigenvalue weighted by molar-refractivity contribution is -0.138. The Morgan fingerprint density at radius 2 is 1.71 bits per heavy atom. The third-order valence-corrected chi connectivity index (χ3v) is 4.04. The van der Waals surface area contributed by atoms with Crippen LogP contribution in [0.2, 0.25) is 0 Å². The van der Waals surface area contributed by atoms with Crippen LogP contribution in [-0.2, 0) is 9.59 Å². The van der Waals surface area contributed by atoms with E-state index in [1.54, 1.807) is 0 Å². The van der Waals surface area contributed by atoms with Gasteiger partial charge in [0.15, 0.2) is 0 Å². The van der Waals surface area contributed by atoms with Gasteiger partial charge in [0.2, 0.25) is 11.8 Å². The molecule has 0 bridgehead atoms. The van der Waals surface area contributed by atoms with Crippen molar-refractivity contribution in [3.05, 3.63) is 48.0 Å². The fourth-order valence-corrected chi connectivity index (χ4v) is 2.80. The number of carbonyl (C=O) groups excluding carboxylic acids is 2. The molecule has 1 fully saturated rings.